The molecule has 2 N–H and O–H groups in total. The lowest BCUT2D eigenvalue weighted by Crippen LogP contribution is -2.34. The number of hydrogen-bond acceptors (Lipinski definition) is 3. The van der Waals surface area contributed by atoms with Crippen LogP contribution in [0.15, 0.2) is 18.2 Å². The summed E-state index contributed by atoms with van der Waals surface area (Å²) in [6.07, 6.45) is 2.96. The Labute approximate surface area is 162 Å². The van der Waals surface area contributed by atoms with Crippen LogP contribution in [0, 0.1) is 11.8 Å². The average molecular weight is 397 g/mol. The van der Waals surface area contributed by atoms with Gasteiger partial charge in [-0.25, -0.2) is 0 Å². The Kier molecular flexibility index (Phi) is 10.7. The highest BCUT2D eigenvalue weighted by Gasteiger charge is 2.22. The van der Waals surface area contributed by atoms with Gasteiger partial charge in [-0.05, 0) is 49.9 Å². The summed E-state index contributed by atoms with van der Waals surface area (Å²) in [6, 6.07) is 5.59. The van der Waals surface area contributed by atoms with Gasteiger partial charge in [0.25, 0.3) is 0 Å². The van der Waals surface area contributed by atoms with E-state index < -0.39 is 0 Å². The van der Waals surface area contributed by atoms with Crippen LogP contribution in [0.5, 0.6) is 0 Å². The van der Waals surface area contributed by atoms with Gasteiger partial charge < -0.3 is 15.5 Å². The maximum atomic E-state index is 12.4. The van der Waals surface area contributed by atoms with E-state index >= 15 is 0 Å². The summed E-state index contributed by atoms with van der Waals surface area (Å²) in [4.78, 5) is 14.3. The van der Waals surface area contributed by atoms with Crippen molar-refractivity contribution in [1.82, 2.24) is 5.32 Å². The van der Waals surface area contributed by atoms with E-state index in [-0.39, 0.29) is 30.7 Å². The summed E-state index contributed by atoms with van der Waals surface area (Å²) in [5, 5.41) is 7.08. The fourth-order valence-electron chi connectivity index (χ4n) is 3.10. The number of piperidine rings is 1. The monoisotopic (exact) mass is 395 g/mol. The molecule has 1 aliphatic rings. The molecule has 2 atom stereocenters. The minimum atomic E-state index is 0. The summed E-state index contributed by atoms with van der Waals surface area (Å²) >= 11 is 6.23. The normalized spacial score (nSPS) is 17.9. The highest BCUT2D eigenvalue weighted by Crippen LogP contribution is 2.33. The lowest BCUT2D eigenvalue weighted by molar-refractivity contribution is -0.117. The minimum absolute atomic E-state index is 0. The molecule has 0 saturated carbocycles. The molecular weight excluding hydrogens is 369 g/mol. The second-order valence-corrected chi connectivity index (χ2v) is 6.77. The second-order valence-electron chi connectivity index (χ2n) is 6.37. The predicted octanol–water partition coefficient (Wildman–Crippen LogP) is 4.21. The Bertz CT molecular complexity index is 520. The Morgan fingerprint density at radius 1 is 1.42 bits per heavy atom. The van der Waals surface area contributed by atoms with Gasteiger partial charge in [0, 0.05) is 20.5 Å². The van der Waals surface area contributed by atoms with Crippen LogP contribution in [0.25, 0.3) is 0 Å². The van der Waals surface area contributed by atoms with Crippen LogP contribution in [-0.2, 0) is 4.79 Å². The number of nitrogens with zero attached hydrogens (tertiary/aromatic N) is 1. The predicted molar refractivity (Wildman–Crippen MR) is 108 cm³/mol. The number of anilines is 2. The van der Waals surface area contributed by atoms with Gasteiger partial charge in [-0.15, -0.1) is 24.8 Å². The second kappa shape index (κ2) is 11.0. The van der Waals surface area contributed by atoms with Crippen molar-refractivity contribution >= 4 is 53.7 Å². The van der Waals surface area contributed by atoms with Crippen LogP contribution in [-0.4, -0.2) is 33.1 Å². The maximum absolute atomic E-state index is 12.4. The van der Waals surface area contributed by atoms with E-state index in [1.54, 1.807) is 0 Å². The third-order valence-corrected chi connectivity index (χ3v) is 4.66. The largest absolute Gasteiger partial charge is 0.375 e. The molecule has 24 heavy (non-hydrogen) atoms. The number of benzene rings is 1. The molecule has 1 saturated heterocycles. The first kappa shape index (κ1) is 23.3. The molecule has 2 rings (SSSR count). The maximum Gasteiger partial charge on any atom is 0.224 e. The van der Waals surface area contributed by atoms with Crippen molar-refractivity contribution in [3.8, 4) is 0 Å². The number of para-hydroxylation sites is 1. The van der Waals surface area contributed by atoms with Crippen molar-refractivity contribution in [2.24, 2.45) is 11.8 Å². The smallest absolute Gasteiger partial charge is 0.224 e. The molecule has 0 bridgehead atoms. The molecule has 2 unspecified atom stereocenters. The van der Waals surface area contributed by atoms with E-state index in [1.165, 1.54) is 12.8 Å². The Hall–Kier alpha value is -0.680. The molecule has 0 spiro atoms. The third kappa shape index (κ3) is 6.32. The van der Waals surface area contributed by atoms with Crippen LogP contribution in [0.3, 0.4) is 0 Å². The lowest BCUT2D eigenvalue weighted by Gasteiger charge is -2.28. The first-order valence-corrected chi connectivity index (χ1v) is 8.33. The SMILES string of the molecule is CC(CC(=O)Nc1cccc(Cl)c1N(C)C)C1CCCNC1.Cl.Cl. The Balaban J connectivity index is 0.00000264. The van der Waals surface area contributed by atoms with Crippen molar-refractivity contribution in [3.63, 3.8) is 0 Å². The summed E-state index contributed by atoms with van der Waals surface area (Å²) < 4.78 is 0. The van der Waals surface area contributed by atoms with Crippen molar-refractivity contribution in [2.45, 2.75) is 26.2 Å². The van der Waals surface area contributed by atoms with Gasteiger partial charge in [-0.2, -0.15) is 0 Å². The van der Waals surface area contributed by atoms with Crippen molar-refractivity contribution in [1.29, 1.82) is 0 Å². The van der Waals surface area contributed by atoms with Crippen LogP contribution >= 0.6 is 36.4 Å². The first-order chi connectivity index (χ1) is 10.5. The van der Waals surface area contributed by atoms with Crippen molar-refractivity contribution in [2.75, 3.05) is 37.4 Å². The minimum Gasteiger partial charge on any atom is -0.375 e. The zero-order valence-corrected chi connectivity index (χ0v) is 16.9. The molecule has 7 heteroatoms. The van der Waals surface area contributed by atoms with Gasteiger partial charge >= 0.3 is 0 Å². The van der Waals surface area contributed by atoms with E-state index in [2.05, 4.69) is 17.6 Å². The summed E-state index contributed by atoms with van der Waals surface area (Å²) in [5.41, 5.74) is 1.63. The molecule has 1 aliphatic heterocycles. The number of halogens is 3. The number of rotatable bonds is 5. The topological polar surface area (TPSA) is 44.4 Å². The van der Waals surface area contributed by atoms with Crippen LogP contribution in [0.2, 0.25) is 5.02 Å². The number of carbonyl (C=O) groups is 1. The molecule has 1 aromatic carbocycles. The number of nitrogens with one attached hydrogen (secondary N) is 2. The van der Waals surface area contributed by atoms with Gasteiger partial charge in [0.2, 0.25) is 5.91 Å². The van der Waals surface area contributed by atoms with Gasteiger partial charge in [0.15, 0.2) is 0 Å². The van der Waals surface area contributed by atoms with Gasteiger partial charge in [0.1, 0.15) is 0 Å². The van der Waals surface area contributed by atoms with Crippen LogP contribution in [0.1, 0.15) is 26.2 Å². The molecule has 1 heterocycles. The highest BCUT2D eigenvalue weighted by atomic mass is 35.5. The van der Waals surface area contributed by atoms with Gasteiger partial charge in [-0.3, -0.25) is 4.79 Å². The third-order valence-electron chi connectivity index (χ3n) is 4.36. The van der Waals surface area contributed by atoms with Crippen molar-refractivity contribution < 1.29 is 4.79 Å². The molecule has 1 aromatic rings. The molecule has 0 radical (unpaired) electrons. The molecule has 0 aliphatic carbocycles. The number of hydrogen-bond donors (Lipinski definition) is 2. The zero-order valence-electron chi connectivity index (χ0n) is 14.5. The molecule has 0 aromatic heterocycles. The Morgan fingerprint density at radius 2 is 2.12 bits per heavy atom. The molecular formula is C17H28Cl3N3O. The highest BCUT2D eigenvalue weighted by molar-refractivity contribution is 6.34. The lowest BCUT2D eigenvalue weighted by atomic mass is 9.85. The molecule has 138 valence electrons. The quantitative estimate of drug-likeness (QED) is 0.783. The van der Waals surface area contributed by atoms with E-state index in [0.29, 0.717) is 23.3 Å². The van der Waals surface area contributed by atoms with E-state index in [9.17, 15) is 4.79 Å². The number of carbonyl (C=O) groups excluding carboxylic acids is 1. The standard InChI is InChI=1S/C17H26ClN3O.2ClH/c1-12(13-6-5-9-19-11-13)10-16(22)20-15-8-4-7-14(18)17(15)21(2)3;;/h4,7-8,12-13,19H,5-6,9-11H2,1-3H3,(H,20,22);2*1H. The summed E-state index contributed by atoms with van der Waals surface area (Å²) in [5.74, 6) is 1.03. The van der Waals surface area contributed by atoms with E-state index in [4.69, 9.17) is 11.6 Å². The summed E-state index contributed by atoms with van der Waals surface area (Å²) in [7, 11) is 3.85. The first-order valence-electron chi connectivity index (χ1n) is 7.95. The van der Waals surface area contributed by atoms with Crippen molar-refractivity contribution in [3.05, 3.63) is 23.2 Å². The molecule has 1 amide bonds. The zero-order chi connectivity index (χ0) is 16.1. The van der Waals surface area contributed by atoms with E-state index in [1.807, 2.05) is 37.2 Å². The van der Waals surface area contributed by atoms with Gasteiger partial charge in [0.05, 0.1) is 16.4 Å². The van der Waals surface area contributed by atoms with E-state index in [0.717, 1.165) is 24.5 Å². The van der Waals surface area contributed by atoms with Crippen LogP contribution < -0.4 is 15.5 Å². The molecule has 4 nitrogen and oxygen atoms in total. The average Bonchev–Trinajstić information content (AvgIpc) is 2.47. The fraction of sp³-hybridized carbons (Fsp3) is 0.588. The molecule has 1 fully saturated rings. The fourth-order valence-corrected chi connectivity index (χ4v) is 3.44. The summed E-state index contributed by atoms with van der Waals surface area (Å²) in [6.45, 7) is 4.29. The van der Waals surface area contributed by atoms with Gasteiger partial charge in [-0.1, -0.05) is 24.6 Å². The Morgan fingerprint density at radius 3 is 2.71 bits per heavy atom. The van der Waals surface area contributed by atoms with Crippen LogP contribution in [0.4, 0.5) is 11.4 Å². The number of amides is 1.